The van der Waals surface area contributed by atoms with E-state index >= 15 is 0 Å². The third-order valence-electron chi connectivity index (χ3n) is 6.15. The highest BCUT2D eigenvalue weighted by Crippen LogP contribution is 2.34. The maximum Gasteiger partial charge on any atom is 0.223 e. The normalized spacial score (nSPS) is 26.5. The van der Waals surface area contributed by atoms with E-state index in [1.807, 2.05) is 18.3 Å². The highest BCUT2D eigenvalue weighted by molar-refractivity contribution is 5.79. The van der Waals surface area contributed by atoms with Crippen LogP contribution in [0.1, 0.15) is 45.1 Å². The summed E-state index contributed by atoms with van der Waals surface area (Å²) in [5.74, 6) is 1.32. The van der Waals surface area contributed by atoms with Crippen molar-refractivity contribution >= 4 is 5.91 Å². The zero-order valence-electron chi connectivity index (χ0n) is 16.2. The highest BCUT2D eigenvalue weighted by Gasteiger charge is 2.41. The number of amides is 1. The van der Waals surface area contributed by atoms with Gasteiger partial charge in [0.05, 0.1) is 6.10 Å². The van der Waals surface area contributed by atoms with Crippen molar-refractivity contribution in [1.82, 2.24) is 15.2 Å². The highest BCUT2D eigenvalue weighted by atomic mass is 16.5. The lowest BCUT2D eigenvalue weighted by molar-refractivity contribution is -0.142. The van der Waals surface area contributed by atoms with Crippen molar-refractivity contribution < 1.29 is 9.53 Å². The molecule has 2 saturated heterocycles. The first kappa shape index (κ1) is 19.3. The molecule has 2 aliphatic heterocycles. The van der Waals surface area contributed by atoms with Crippen molar-refractivity contribution in [3.63, 3.8) is 0 Å². The summed E-state index contributed by atoms with van der Waals surface area (Å²) in [6, 6.07) is 3.90. The molecule has 1 N–H and O–H groups in total. The molecular weight excluding hydrogens is 326 g/mol. The fraction of sp³-hybridized carbons (Fsp3) is 0.714. The minimum atomic E-state index is 0.0647. The van der Waals surface area contributed by atoms with Crippen LogP contribution >= 0.6 is 0 Å². The molecule has 2 fully saturated rings. The summed E-state index contributed by atoms with van der Waals surface area (Å²) in [4.78, 5) is 19.5. The van der Waals surface area contributed by atoms with Crippen molar-refractivity contribution in [2.75, 3.05) is 26.2 Å². The van der Waals surface area contributed by atoms with E-state index in [2.05, 4.69) is 29.0 Å². The molecule has 0 unspecified atom stereocenters. The van der Waals surface area contributed by atoms with Crippen LogP contribution in [0.4, 0.5) is 0 Å². The molecule has 0 saturated carbocycles. The number of aromatic nitrogens is 1. The van der Waals surface area contributed by atoms with Crippen molar-refractivity contribution in [3.05, 3.63) is 30.1 Å². The van der Waals surface area contributed by atoms with Gasteiger partial charge in [0, 0.05) is 57.0 Å². The maximum atomic E-state index is 12.9. The molecule has 144 valence electrons. The summed E-state index contributed by atoms with van der Waals surface area (Å²) in [5.41, 5.74) is 1.04. The predicted molar refractivity (Wildman–Crippen MR) is 103 cm³/mol. The zero-order valence-corrected chi connectivity index (χ0v) is 16.2. The monoisotopic (exact) mass is 359 g/mol. The molecule has 1 aromatic rings. The van der Waals surface area contributed by atoms with Crippen LogP contribution in [0.15, 0.2) is 24.5 Å². The number of fused-ring (bicyclic) bond motifs is 1. The van der Waals surface area contributed by atoms with Crippen LogP contribution in [0.2, 0.25) is 0 Å². The van der Waals surface area contributed by atoms with Crippen molar-refractivity contribution in [2.45, 2.75) is 52.2 Å². The summed E-state index contributed by atoms with van der Waals surface area (Å²) in [6.45, 7) is 9.06. The van der Waals surface area contributed by atoms with Crippen LogP contribution in [0.25, 0.3) is 0 Å². The Balaban J connectivity index is 1.58. The molecule has 0 aromatic carbocycles. The maximum absolute atomic E-state index is 12.9. The molecule has 26 heavy (non-hydrogen) atoms. The Morgan fingerprint density at radius 2 is 2.23 bits per heavy atom. The first-order valence-electron chi connectivity index (χ1n) is 10.2. The van der Waals surface area contributed by atoms with Crippen LogP contribution in [0, 0.1) is 17.8 Å². The van der Waals surface area contributed by atoms with Crippen LogP contribution < -0.4 is 5.32 Å². The molecule has 3 heterocycles. The van der Waals surface area contributed by atoms with Gasteiger partial charge in [0.15, 0.2) is 0 Å². The third kappa shape index (κ3) is 4.83. The molecule has 1 aromatic heterocycles. The molecule has 3 rings (SSSR count). The van der Waals surface area contributed by atoms with E-state index in [0.717, 1.165) is 44.0 Å². The molecule has 0 spiro atoms. The number of nitrogens with one attached hydrogen (secondary N) is 1. The average Bonchev–Trinajstić information content (AvgIpc) is 2.70. The van der Waals surface area contributed by atoms with E-state index in [0.29, 0.717) is 19.1 Å². The van der Waals surface area contributed by atoms with Gasteiger partial charge in [-0.05, 0) is 30.4 Å². The van der Waals surface area contributed by atoms with Crippen LogP contribution in [-0.4, -0.2) is 48.1 Å². The number of hydrogen-bond donors (Lipinski definition) is 1. The van der Waals surface area contributed by atoms with Crippen LogP contribution in [-0.2, 0) is 16.1 Å². The quantitative estimate of drug-likeness (QED) is 0.813. The molecule has 2 aliphatic rings. The number of hydrogen-bond acceptors (Lipinski definition) is 4. The van der Waals surface area contributed by atoms with E-state index in [-0.39, 0.29) is 17.9 Å². The molecule has 3 atom stereocenters. The summed E-state index contributed by atoms with van der Waals surface area (Å²) in [5, 5.41) is 3.13. The lowest BCUT2D eigenvalue weighted by atomic mass is 9.78. The van der Waals surface area contributed by atoms with Crippen molar-refractivity contribution in [2.24, 2.45) is 17.8 Å². The number of likely N-dealkylation sites (tertiary alicyclic amines) is 1. The Kier molecular flexibility index (Phi) is 7.03. The zero-order chi connectivity index (χ0) is 18.4. The summed E-state index contributed by atoms with van der Waals surface area (Å²) >= 11 is 0. The van der Waals surface area contributed by atoms with Gasteiger partial charge in [-0.1, -0.05) is 32.8 Å². The number of rotatable bonds is 7. The minimum absolute atomic E-state index is 0.0647. The van der Waals surface area contributed by atoms with Gasteiger partial charge < -0.3 is 15.0 Å². The molecule has 1 amide bonds. The van der Waals surface area contributed by atoms with Crippen molar-refractivity contribution in [3.8, 4) is 0 Å². The molecule has 0 radical (unpaired) electrons. The Hall–Kier alpha value is -1.46. The van der Waals surface area contributed by atoms with E-state index in [1.165, 1.54) is 12.8 Å². The number of piperidine rings is 1. The third-order valence-corrected chi connectivity index (χ3v) is 6.15. The fourth-order valence-corrected chi connectivity index (χ4v) is 4.41. The fourth-order valence-electron chi connectivity index (χ4n) is 4.41. The Morgan fingerprint density at radius 3 is 2.96 bits per heavy atom. The second-order valence-electron chi connectivity index (χ2n) is 7.78. The van der Waals surface area contributed by atoms with E-state index in [4.69, 9.17) is 4.74 Å². The lowest BCUT2D eigenvalue weighted by Gasteiger charge is -2.45. The van der Waals surface area contributed by atoms with Gasteiger partial charge in [-0.3, -0.25) is 9.78 Å². The van der Waals surface area contributed by atoms with Gasteiger partial charge in [0.25, 0.3) is 0 Å². The lowest BCUT2D eigenvalue weighted by Crippen LogP contribution is -2.53. The SMILES string of the molecule is CCC(CC)CN1CC[C@H]2OCC[C@@H](C(=O)NCc3cccnc3)[C@@H]2C1. The average molecular weight is 360 g/mol. The Labute approximate surface area is 157 Å². The van der Waals surface area contributed by atoms with E-state index < -0.39 is 0 Å². The van der Waals surface area contributed by atoms with Crippen LogP contribution in [0.5, 0.6) is 0 Å². The predicted octanol–water partition coefficient (Wildman–Crippen LogP) is 2.86. The smallest absolute Gasteiger partial charge is 0.223 e. The summed E-state index contributed by atoms with van der Waals surface area (Å²) < 4.78 is 6.01. The standard InChI is InChI=1S/C21H33N3O2/c1-3-16(4-2)14-24-10-7-20-19(15-24)18(8-11-26-20)21(25)23-13-17-6-5-9-22-12-17/h5-6,9,12,16,18-20H,3-4,7-8,10-11,13-15H2,1-2H3,(H,23,25)/t18-,19+,20-/m1/s1. The topological polar surface area (TPSA) is 54.5 Å². The number of carbonyl (C=O) groups excluding carboxylic acids is 1. The molecule has 5 heteroatoms. The number of pyridine rings is 1. The molecular formula is C21H33N3O2. The van der Waals surface area contributed by atoms with Crippen molar-refractivity contribution in [1.29, 1.82) is 0 Å². The number of nitrogens with zero attached hydrogens (tertiary/aromatic N) is 2. The van der Waals surface area contributed by atoms with E-state index in [1.54, 1.807) is 6.20 Å². The number of ether oxygens (including phenoxy) is 1. The van der Waals surface area contributed by atoms with Gasteiger partial charge in [-0.2, -0.15) is 0 Å². The largest absolute Gasteiger partial charge is 0.378 e. The van der Waals surface area contributed by atoms with Crippen LogP contribution in [0.3, 0.4) is 0 Å². The molecule has 0 aliphatic carbocycles. The molecule has 5 nitrogen and oxygen atoms in total. The Morgan fingerprint density at radius 1 is 1.38 bits per heavy atom. The summed E-state index contributed by atoms with van der Waals surface area (Å²) in [7, 11) is 0. The second kappa shape index (κ2) is 9.47. The van der Waals surface area contributed by atoms with Gasteiger partial charge in [-0.25, -0.2) is 0 Å². The number of carbonyl (C=O) groups is 1. The molecule has 0 bridgehead atoms. The van der Waals surface area contributed by atoms with Gasteiger partial charge >= 0.3 is 0 Å². The Bertz CT molecular complexity index is 562. The minimum Gasteiger partial charge on any atom is -0.378 e. The first-order valence-corrected chi connectivity index (χ1v) is 10.2. The summed E-state index contributed by atoms with van der Waals surface area (Å²) in [6.07, 6.45) is 8.15. The van der Waals surface area contributed by atoms with Gasteiger partial charge in [0.2, 0.25) is 5.91 Å². The second-order valence-corrected chi connectivity index (χ2v) is 7.78. The first-order chi connectivity index (χ1) is 12.7. The van der Waals surface area contributed by atoms with Gasteiger partial charge in [-0.15, -0.1) is 0 Å². The van der Waals surface area contributed by atoms with E-state index in [9.17, 15) is 4.79 Å². The van der Waals surface area contributed by atoms with Gasteiger partial charge in [0.1, 0.15) is 0 Å².